The number of anilines is 1. The van der Waals surface area contributed by atoms with Gasteiger partial charge in [0.25, 0.3) is 0 Å². The lowest BCUT2D eigenvalue weighted by atomic mass is 9.95. The summed E-state index contributed by atoms with van der Waals surface area (Å²) in [7, 11) is -3.75. The zero-order valence-electron chi connectivity index (χ0n) is 21.7. The summed E-state index contributed by atoms with van der Waals surface area (Å²) in [4.78, 5) is 28.0. The minimum absolute atomic E-state index is 0.0380. The Labute approximate surface area is 220 Å². The Morgan fingerprint density at radius 3 is 2.30 bits per heavy atom. The van der Waals surface area contributed by atoms with Crippen LogP contribution in [0.1, 0.15) is 57.4 Å². The maximum atomic E-state index is 14.3. The molecule has 1 saturated carbocycles. The summed E-state index contributed by atoms with van der Waals surface area (Å²) in [6.07, 6.45) is 7.12. The lowest BCUT2D eigenvalue weighted by molar-refractivity contribution is -0.140. The number of rotatable bonds is 12. The smallest absolute Gasteiger partial charge is 0.242 e. The summed E-state index contributed by atoms with van der Waals surface area (Å²) in [6, 6.07) is 14.9. The van der Waals surface area contributed by atoms with Gasteiger partial charge in [0.15, 0.2) is 0 Å². The molecular weight excluding hydrogens is 493 g/mol. The molecule has 1 aliphatic rings. The monoisotopic (exact) mass is 531 g/mol. The highest BCUT2D eigenvalue weighted by Crippen LogP contribution is 2.22. The fraction of sp³-hybridized carbons (Fsp3) is 0.500. The molecule has 9 heteroatoms. The molecule has 0 aliphatic heterocycles. The molecule has 0 saturated heterocycles. The second kappa shape index (κ2) is 13.6. The van der Waals surface area contributed by atoms with Gasteiger partial charge in [-0.3, -0.25) is 13.9 Å². The van der Waals surface area contributed by atoms with Gasteiger partial charge in [-0.05, 0) is 50.3 Å². The highest BCUT2D eigenvalue weighted by atomic mass is 32.2. The number of sulfonamides is 1. The van der Waals surface area contributed by atoms with E-state index in [-0.39, 0.29) is 42.9 Å². The Hall–Kier alpha value is -2.94. The third kappa shape index (κ3) is 8.55. The number of carbonyl (C=O) groups excluding carboxylic acids is 2. The molecule has 0 unspecified atom stereocenters. The van der Waals surface area contributed by atoms with Gasteiger partial charge in [-0.1, -0.05) is 61.7 Å². The van der Waals surface area contributed by atoms with Gasteiger partial charge in [-0.2, -0.15) is 0 Å². The van der Waals surface area contributed by atoms with Crippen molar-refractivity contribution in [2.45, 2.75) is 70.4 Å². The Morgan fingerprint density at radius 1 is 1.00 bits per heavy atom. The topological polar surface area (TPSA) is 86.8 Å². The number of halogens is 1. The van der Waals surface area contributed by atoms with Crippen LogP contribution in [0.15, 0.2) is 54.6 Å². The van der Waals surface area contributed by atoms with E-state index in [1.54, 1.807) is 17.9 Å². The SMILES string of the molecule is C[C@@H](C(=O)NC1CCCCC1)N(CCc1ccccc1)C(=O)CCCN(c1ccccc1F)S(C)(=O)=O. The molecule has 0 aromatic heterocycles. The number of hydrogen-bond donors (Lipinski definition) is 1. The van der Waals surface area contributed by atoms with Crippen LogP contribution in [0, 0.1) is 5.82 Å². The molecule has 1 aliphatic carbocycles. The molecular formula is C28H38FN3O4S. The average Bonchev–Trinajstić information content (AvgIpc) is 2.88. The van der Waals surface area contributed by atoms with Crippen LogP contribution in [0.2, 0.25) is 0 Å². The second-order valence-electron chi connectivity index (χ2n) is 9.73. The van der Waals surface area contributed by atoms with Crippen molar-refractivity contribution in [1.82, 2.24) is 10.2 Å². The van der Waals surface area contributed by atoms with Gasteiger partial charge >= 0.3 is 0 Å². The molecule has 2 aromatic rings. The third-order valence-electron chi connectivity index (χ3n) is 6.88. The van der Waals surface area contributed by atoms with E-state index in [4.69, 9.17) is 0 Å². The van der Waals surface area contributed by atoms with E-state index in [0.29, 0.717) is 13.0 Å². The van der Waals surface area contributed by atoms with Crippen LogP contribution in [0.5, 0.6) is 0 Å². The van der Waals surface area contributed by atoms with Crippen LogP contribution in [0.25, 0.3) is 0 Å². The number of para-hydroxylation sites is 1. The molecule has 37 heavy (non-hydrogen) atoms. The highest BCUT2D eigenvalue weighted by molar-refractivity contribution is 7.92. The summed E-state index contributed by atoms with van der Waals surface area (Å²) >= 11 is 0. The van der Waals surface area contributed by atoms with Gasteiger partial charge in [-0.25, -0.2) is 12.8 Å². The third-order valence-corrected chi connectivity index (χ3v) is 8.06. The first-order chi connectivity index (χ1) is 17.7. The molecule has 1 fully saturated rings. The number of hydrogen-bond acceptors (Lipinski definition) is 4. The first-order valence-corrected chi connectivity index (χ1v) is 14.9. The van der Waals surface area contributed by atoms with Crippen molar-refractivity contribution in [2.75, 3.05) is 23.7 Å². The van der Waals surface area contributed by atoms with Crippen LogP contribution in [-0.2, 0) is 26.0 Å². The van der Waals surface area contributed by atoms with Gasteiger partial charge in [-0.15, -0.1) is 0 Å². The molecule has 1 N–H and O–H groups in total. The van der Waals surface area contributed by atoms with Gasteiger partial charge in [0.05, 0.1) is 11.9 Å². The van der Waals surface area contributed by atoms with Crippen molar-refractivity contribution in [3.63, 3.8) is 0 Å². The zero-order valence-corrected chi connectivity index (χ0v) is 22.6. The number of carbonyl (C=O) groups is 2. The van der Waals surface area contributed by atoms with E-state index < -0.39 is 21.9 Å². The molecule has 2 aromatic carbocycles. The van der Waals surface area contributed by atoms with E-state index in [0.717, 1.165) is 41.8 Å². The van der Waals surface area contributed by atoms with Crippen LogP contribution >= 0.6 is 0 Å². The van der Waals surface area contributed by atoms with Crippen LogP contribution < -0.4 is 9.62 Å². The van der Waals surface area contributed by atoms with Crippen molar-refractivity contribution >= 4 is 27.5 Å². The van der Waals surface area contributed by atoms with Gasteiger partial charge in [0.2, 0.25) is 21.8 Å². The van der Waals surface area contributed by atoms with E-state index >= 15 is 0 Å². The first-order valence-electron chi connectivity index (χ1n) is 13.0. The lowest BCUT2D eigenvalue weighted by Crippen LogP contribution is -2.51. The molecule has 0 heterocycles. The summed E-state index contributed by atoms with van der Waals surface area (Å²) in [5.74, 6) is -1.04. The molecule has 7 nitrogen and oxygen atoms in total. The minimum Gasteiger partial charge on any atom is -0.352 e. The minimum atomic E-state index is -3.75. The average molecular weight is 532 g/mol. The van der Waals surface area contributed by atoms with E-state index in [9.17, 15) is 22.4 Å². The molecule has 3 rings (SSSR count). The fourth-order valence-corrected chi connectivity index (χ4v) is 5.74. The molecule has 0 radical (unpaired) electrons. The van der Waals surface area contributed by atoms with Crippen LogP contribution in [0.4, 0.5) is 10.1 Å². The molecule has 202 valence electrons. The Balaban J connectivity index is 1.67. The molecule has 1 atom stereocenters. The lowest BCUT2D eigenvalue weighted by Gasteiger charge is -2.31. The summed E-state index contributed by atoms with van der Waals surface area (Å²) in [6.45, 7) is 2.06. The van der Waals surface area contributed by atoms with Crippen molar-refractivity contribution < 1.29 is 22.4 Å². The maximum Gasteiger partial charge on any atom is 0.242 e. The molecule has 2 amide bonds. The van der Waals surface area contributed by atoms with Gasteiger partial charge in [0.1, 0.15) is 11.9 Å². The normalized spacial score (nSPS) is 15.1. The van der Waals surface area contributed by atoms with Gasteiger partial charge in [0, 0.05) is 25.6 Å². The van der Waals surface area contributed by atoms with E-state index in [1.807, 2.05) is 30.3 Å². The molecule has 0 bridgehead atoms. The number of nitrogens with zero attached hydrogens (tertiary/aromatic N) is 2. The largest absolute Gasteiger partial charge is 0.352 e. The zero-order chi connectivity index (χ0) is 26.8. The van der Waals surface area contributed by atoms with Crippen LogP contribution in [-0.4, -0.2) is 56.6 Å². The van der Waals surface area contributed by atoms with Crippen molar-refractivity contribution in [3.8, 4) is 0 Å². The highest BCUT2D eigenvalue weighted by Gasteiger charge is 2.28. The Morgan fingerprint density at radius 2 is 1.65 bits per heavy atom. The van der Waals surface area contributed by atoms with Crippen molar-refractivity contribution in [1.29, 1.82) is 0 Å². The van der Waals surface area contributed by atoms with Crippen LogP contribution in [0.3, 0.4) is 0 Å². The summed E-state index contributed by atoms with van der Waals surface area (Å²) < 4.78 is 40.0. The summed E-state index contributed by atoms with van der Waals surface area (Å²) in [5.41, 5.74) is 1.02. The molecule has 0 spiro atoms. The van der Waals surface area contributed by atoms with Gasteiger partial charge < -0.3 is 10.2 Å². The first kappa shape index (κ1) is 28.6. The standard InChI is InChI=1S/C28H38FN3O4S/c1-22(28(34)30-24-14-7-4-8-15-24)31(21-19-23-12-5-3-6-13-23)27(33)18-11-20-32(37(2,35)36)26-17-10-9-16-25(26)29/h3,5-6,9-10,12-13,16-17,22,24H,4,7-8,11,14-15,18-21H2,1-2H3,(H,30,34)/t22-/m0/s1. The van der Waals surface area contributed by atoms with Crippen molar-refractivity contribution in [3.05, 3.63) is 66.0 Å². The summed E-state index contributed by atoms with van der Waals surface area (Å²) in [5, 5.41) is 3.11. The van der Waals surface area contributed by atoms with Crippen molar-refractivity contribution in [2.24, 2.45) is 0 Å². The predicted molar refractivity (Wildman–Crippen MR) is 144 cm³/mol. The Kier molecular flexibility index (Phi) is 10.5. The van der Waals surface area contributed by atoms with E-state index in [1.165, 1.54) is 24.6 Å². The Bertz CT molecular complexity index is 1140. The number of amides is 2. The number of benzene rings is 2. The number of nitrogens with one attached hydrogen (secondary N) is 1. The maximum absolute atomic E-state index is 14.3. The second-order valence-corrected chi connectivity index (χ2v) is 11.6. The fourth-order valence-electron chi connectivity index (χ4n) is 4.78. The quantitative estimate of drug-likeness (QED) is 0.443. The predicted octanol–water partition coefficient (Wildman–Crippen LogP) is 4.28. The van der Waals surface area contributed by atoms with E-state index in [2.05, 4.69) is 5.32 Å².